The molecule has 1 atom stereocenters. The van der Waals surface area contributed by atoms with Crippen LogP contribution in [0.2, 0.25) is 0 Å². The van der Waals surface area contributed by atoms with Crippen LogP contribution in [0.25, 0.3) is 0 Å². The lowest BCUT2D eigenvalue weighted by atomic mass is 9.82. The van der Waals surface area contributed by atoms with E-state index in [9.17, 15) is 5.11 Å². The number of ether oxygens (including phenoxy) is 1. The first-order valence-corrected chi connectivity index (χ1v) is 6.77. The first kappa shape index (κ1) is 14.5. The van der Waals surface area contributed by atoms with Crippen molar-refractivity contribution in [3.05, 3.63) is 28.2 Å². The SMILES string of the molecule is CCC(O)(Cc1cc(OC)ccc1Br)C(C)C. The van der Waals surface area contributed by atoms with Gasteiger partial charge in [0.25, 0.3) is 0 Å². The van der Waals surface area contributed by atoms with E-state index in [1.807, 2.05) is 25.1 Å². The van der Waals surface area contributed by atoms with Gasteiger partial charge in [-0.3, -0.25) is 0 Å². The summed E-state index contributed by atoms with van der Waals surface area (Å²) in [6.45, 7) is 6.13. The fourth-order valence-corrected chi connectivity index (χ4v) is 2.27. The van der Waals surface area contributed by atoms with E-state index in [1.165, 1.54) is 0 Å². The van der Waals surface area contributed by atoms with Crippen molar-refractivity contribution >= 4 is 15.9 Å². The van der Waals surface area contributed by atoms with Crippen LogP contribution in [0.4, 0.5) is 0 Å². The smallest absolute Gasteiger partial charge is 0.119 e. The van der Waals surface area contributed by atoms with E-state index in [1.54, 1.807) is 7.11 Å². The molecule has 1 aromatic rings. The number of rotatable bonds is 5. The third kappa shape index (κ3) is 3.46. The van der Waals surface area contributed by atoms with Gasteiger partial charge >= 0.3 is 0 Å². The van der Waals surface area contributed by atoms with Crippen molar-refractivity contribution in [2.45, 2.75) is 39.2 Å². The van der Waals surface area contributed by atoms with Gasteiger partial charge in [0, 0.05) is 10.9 Å². The molecule has 0 aromatic heterocycles. The maximum Gasteiger partial charge on any atom is 0.119 e. The van der Waals surface area contributed by atoms with Gasteiger partial charge in [0.1, 0.15) is 5.75 Å². The van der Waals surface area contributed by atoms with Crippen molar-refractivity contribution in [3.8, 4) is 5.75 Å². The molecule has 0 spiro atoms. The molecule has 0 saturated carbocycles. The molecule has 0 saturated heterocycles. The number of aliphatic hydroxyl groups is 1. The summed E-state index contributed by atoms with van der Waals surface area (Å²) in [4.78, 5) is 0. The fourth-order valence-electron chi connectivity index (χ4n) is 1.88. The van der Waals surface area contributed by atoms with Crippen LogP contribution in [0.1, 0.15) is 32.8 Å². The molecule has 1 rings (SSSR count). The van der Waals surface area contributed by atoms with Gasteiger partial charge in [-0.15, -0.1) is 0 Å². The highest BCUT2D eigenvalue weighted by atomic mass is 79.9. The largest absolute Gasteiger partial charge is 0.497 e. The van der Waals surface area contributed by atoms with Gasteiger partial charge < -0.3 is 9.84 Å². The molecule has 0 radical (unpaired) electrons. The monoisotopic (exact) mass is 300 g/mol. The molecular weight excluding hydrogens is 280 g/mol. The molecule has 17 heavy (non-hydrogen) atoms. The zero-order valence-electron chi connectivity index (χ0n) is 11.0. The van der Waals surface area contributed by atoms with E-state index < -0.39 is 5.60 Å². The second-order valence-corrected chi connectivity index (χ2v) is 5.60. The summed E-state index contributed by atoms with van der Waals surface area (Å²) in [6, 6.07) is 5.85. The Balaban J connectivity index is 3.00. The highest BCUT2D eigenvalue weighted by Crippen LogP contribution is 2.31. The van der Waals surface area contributed by atoms with Crippen molar-refractivity contribution in [1.82, 2.24) is 0 Å². The van der Waals surface area contributed by atoms with Crippen molar-refractivity contribution in [2.75, 3.05) is 7.11 Å². The molecular formula is C14H21BrO2. The number of benzene rings is 1. The van der Waals surface area contributed by atoms with Crippen LogP contribution in [0.15, 0.2) is 22.7 Å². The first-order valence-electron chi connectivity index (χ1n) is 5.97. The summed E-state index contributed by atoms with van der Waals surface area (Å²) in [5.74, 6) is 1.05. The average molecular weight is 301 g/mol. The summed E-state index contributed by atoms with van der Waals surface area (Å²) in [7, 11) is 1.65. The first-order chi connectivity index (χ1) is 7.92. The van der Waals surface area contributed by atoms with Crippen LogP contribution < -0.4 is 4.74 Å². The minimum absolute atomic E-state index is 0.227. The summed E-state index contributed by atoms with van der Waals surface area (Å²) in [6.07, 6.45) is 1.38. The molecule has 0 heterocycles. The summed E-state index contributed by atoms with van der Waals surface area (Å²) >= 11 is 3.52. The number of methoxy groups -OCH3 is 1. The van der Waals surface area contributed by atoms with Crippen LogP contribution in [-0.4, -0.2) is 17.8 Å². The Labute approximate surface area is 112 Å². The highest BCUT2D eigenvalue weighted by molar-refractivity contribution is 9.10. The minimum Gasteiger partial charge on any atom is -0.497 e. The number of hydrogen-bond acceptors (Lipinski definition) is 2. The van der Waals surface area contributed by atoms with Crippen LogP contribution in [0, 0.1) is 5.92 Å². The van der Waals surface area contributed by atoms with Crippen LogP contribution in [0.5, 0.6) is 5.75 Å². The molecule has 0 amide bonds. The second-order valence-electron chi connectivity index (χ2n) is 4.75. The maximum atomic E-state index is 10.6. The van der Waals surface area contributed by atoms with Crippen molar-refractivity contribution in [2.24, 2.45) is 5.92 Å². The van der Waals surface area contributed by atoms with E-state index in [2.05, 4.69) is 29.8 Å². The molecule has 0 aliphatic rings. The van der Waals surface area contributed by atoms with Crippen LogP contribution in [0.3, 0.4) is 0 Å². The molecule has 0 aliphatic heterocycles. The predicted octanol–water partition coefficient (Wildman–Crippen LogP) is 3.80. The van der Waals surface area contributed by atoms with Gasteiger partial charge in [0.05, 0.1) is 12.7 Å². The van der Waals surface area contributed by atoms with Crippen LogP contribution >= 0.6 is 15.9 Å². The molecule has 3 heteroatoms. The Bertz CT molecular complexity index is 376. The molecule has 1 N–H and O–H groups in total. The summed E-state index contributed by atoms with van der Waals surface area (Å²) in [5.41, 5.74) is 0.428. The van der Waals surface area contributed by atoms with Gasteiger partial charge in [0.2, 0.25) is 0 Å². The zero-order valence-corrected chi connectivity index (χ0v) is 12.5. The molecule has 0 bridgehead atoms. The van der Waals surface area contributed by atoms with E-state index in [0.29, 0.717) is 6.42 Å². The van der Waals surface area contributed by atoms with E-state index in [-0.39, 0.29) is 5.92 Å². The normalized spacial score (nSPS) is 14.8. The number of hydrogen-bond donors (Lipinski definition) is 1. The lowest BCUT2D eigenvalue weighted by molar-refractivity contribution is -0.00844. The Morgan fingerprint density at radius 2 is 2.06 bits per heavy atom. The Kier molecular flexibility index (Phi) is 5.02. The average Bonchev–Trinajstić information content (AvgIpc) is 2.31. The highest BCUT2D eigenvalue weighted by Gasteiger charge is 2.29. The third-order valence-corrected chi connectivity index (χ3v) is 4.21. The molecule has 96 valence electrons. The van der Waals surface area contributed by atoms with Gasteiger partial charge in [0.15, 0.2) is 0 Å². The van der Waals surface area contributed by atoms with E-state index >= 15 is 0 Å². The quantitative estimate of drug-likeness (QED) is 0.896. The topological polar surface area (TPSA) is 29.5 Å². The van der Waals surface area contributed by atoms with Gasteiger partial charge in [-0.2, -0.15) is 0 Å². The maximum absolute atomic E-state index is 10.6. The Morgan fingerprint density at radius 3 is 2.53 bits per heavy atom. The van der Waals surface area contributed by atoms with Gasteiger partial charge in [-0.05, 0) is 36.1 Å². The molecule has 0 fully saturated rings. The lowest BCUT2D eigenvalue weighted by Crippen LogP contribution is -2.36. The summed E-state index contributed by atoms with van der Waals surface area (Å²) in [5, 5.41) is 10.6. The summed E-state index contributed by atoms with van der Waals surface area (Å²) < 4.78 is 6.24. The zero-order chi connectivity index (χ0) is 13.1. The van der Waals surface area contributed by atoms with Crippen molar-refractivity contribution < 1.29 is 9.84 Å². The Morgan fingerprint density at radius 1 is 1.41 bits per heavy atom. The minimum atomic E-state index is -0.658. The third-order valence-electron chi connectivity index (χ3n) is 3.44. The molecule has 0 aliphatic carbocycles. The second kappa shape index (κ2) is 5.87. The Hall–Kier alpha value is -0.540. The lowest BCUT2D eigenvalue weighted by Gasteiger charge is -2.31. The van der Waals surface area contributed by atoms with Crippen molar-refractivity contribution in [3.63, 3.8) is 0 Å². The van der Waals surface area contributed by atoms with Crippen molar-refractivity contribution in [1.29, 1.82) is 0 Å². The predicted molar refractivity (Wildman–Crippen MR) is 74.5 cm³/mol. The van der Waals surface area contributed by atoms with Gasteiger partial charge in [-0.25, -0.2) is 0 Å². The van der Waals surface area contributed by atoms with E-state index in [0.717, 1.165) is 22.2 Å². The fraction of sp³-hybridized carbons (Fsp3) is 0.571. The van der Waals surface area contributed by atoms with E-state index in [4.69, 9.17) is 4.74 Å². The molecule has 1 aromatic carbocycles. The standard InChI is InChI=1S/C14H21BrO2/c1-5-14(16,10(2)3)9-11-8-12(17-4)6-7-13(11)15/h6-8,10,16H,5,9H2,1-4H3. The molecule has 1 unspecified atom stereocenters. The molecule has 2 nitrogen and oxygen atoms in total. The number of halogens is 1. The van der Waals surface area contributed by atoms with Crippen LogP contribution in [-0.2, 0) is 6.42 Å². The van der Waals surface area contributed by atoms with Gasteiger partial charge in [-0.1, -0.05) is 36.7 Å².